The summed E-state index contributed by atoms with van der Waals surface area (Å²) in [5.41, 5.74) is 6.90. The maximum absolute atomic E-state index is 5.47. The monoisotopic (exact) mass is 235 g/mol. The van der Waals surface area contributed by atoms with E-state index in [-0.39, 0.29) is 4.99 Å². The summed E-state index contributed by atoms with van der Waals surface area (Å²) in [5, 5.41) is 6.78. The van der Waals surface area contributed by atoms with Gasteiger partial charge in [0.25, 0.3) is 0 Å². The summed E-state index contributed by atoms with van der Waals surface area (Å²) >= 11 is 4.83. The number of nitrogens with two attached hydrogens (primary N) is 1. The van der Waals surface area contributed by atoms with Crippen molar-refractivity contribution in [3.05, 3.63) is 36.2 Å². The molecule has 0 aromatic carbocycles. The molecule has 0 saturated carbocycles. The first-order valence-corrected chi connectivity index (χ1v) is 4.91. The molecule has 0 atom stereocenters. The zero-order chi connectivity index (χ0) is 11.4. The van der Waals surface area contributed by atoms with Gasteiger partial charge < -0.3 is 15.6 Å². The molecule has 2 rings (SSSR count). The minimum atomic E-state index is 0.267. The number of anilines is 1. The first-order chi connectivity index (χ1) is 7.75. The lowest BCUT2D eigenvalue weighted by Gasteiger charge is -2.04. The third kappa shape index (κ3) is 2.51. The number of rotatable bonds is 4. The Morgan fingerprint density at radius 1 is 1.50 bits per heavy atom. The highest BCUT2D eigenvalue weighted by molar-refractivity contribution is 7.80. The number of pyridine rings is 1. The first-order valence-electron chi connectivity index (χ1n) is 4.50. The summed E-state index contributed by atoms with van der Waals surface area (Å²) in [6, 6.07) is 3.57. The highest BCUT2D eigenvalue weighted by Crippen LogP contribution is 2.08. The zero-order valence-corrected chi connectivity index (χ0v) is 9.07. The average Bonchev–Trinajstić information content (AvgIpc) is 2.79. The van der Waals surface area contributed by atoms with Gasteiger partial charge in [-0.3, -0.25) is 4.98 Å². The van der Waals surface area contributed by atoms with Crippen LogP contribution in [0.25, 0.3) is 0 Å². The standard InChI is InChI=1S/C9H9N5OS/c10-9(16)7-3-6(1-2-11-7)12-4-8-13-5-15-14-8/h1-3,5H,4H2,(H2,10,16)(H,11,12). The van der Waals surface area contributed by atoms with Crippen LogP contribution in [0.5, 0.6) is 0 Å². The topological polar surface area (TPSA) is 89.9 Å². The van der Waals surface area contributed by atoms with Crippen LogP contribution >= 0.6 is 12.2 Å². The molecule has 0 aliphatic heterocycles. The number of nitrogens with one attached hydrogen (secondary N) is 1. The molecule has 0 aliphatic carbocycles. The van der Waals surface area contributed by atoms with Crippen molar-refractivity contribution in [2.24, 2.45) is 5.73 Å². The van der Waals surface area contributed by atoms with Crippen molar-refractivity contribution in [2.75, 3.05) is 5.32 Å². The van der Waals surface area contributed by atoms with Crippen LogP contribution in [0.1, 0.15) is 11.5 Å². The van der Waals surface area contributed by atoms with Crippen molar-refractivity contribution in [3.63, 3.8) is 0 Å². The predicted octanol–water partition coefficient (Wildman–Crippen LogP) is 0.711. The Hall–Kier alpha value is -2.02. The Kier molecular flexibility index (Phi) is 3.06. The third-order valence-corrected chi connectivity index (χ3v) is 2.08. The Balaban J connectivity index is 2.04. The quantitative estimate of drug-likeness (QED) is 0.754. The summed E-state index contributed by atoms with van der Waals surface area (Å²) in [7, 11) is 0. The Bertz CT molecular complexity index is 484. The smallest absolute Gasteiger partial charge is 0.213 e. The van der Waals surface area contributed by atoms with E-state index in [0.29, 0.717) is 18.1 Å². The van der Waals surface area contributed by atoms with Gasteiger partial charge in [0.15, 0.2) is 5.82 Å². The number of hydrogen-bond acceptors (Lipinski definition) is 6. The fourth-order valence-electron chi connectivity index (χ4n) is 1.13. The minimum absolute atomic E-state index is 0.267. The molecule has 0 spiro atoms. The van der Waals surface area contributed by atoms with E-state index in [0.717, 1.165) is 5.69 Å². The fourth-order valence-corrected chi connectivity index (χ4v) is 1.24. The van der Waals surface area contributed by atoms with Gasteiger partial charge >= 0.3 is 0 Å². The first kappa shape index (κ1) is 10.5. The van der Waals surface area contributed by atoms with Gasteiger partial charge in [-0.1, -0.05) is 17.4 Å². The summed E-state index contributed by atoms with van der Waals surface area (Å²) < 4.78 is 4.61. The van der Waals surface area contributed by atoms with Crippen molar-refractivity contribution in [3.8, 4) is 0 Å². The van der Waals surface area contributed by atoms with Crippen molar-refractivity contribution >= 4 is 22.9 Å². The SMILES string of the molecule is NC(=S)c1cc(NCc2ncon2)ccn1. The molecule has 0 aliphatic rings. The van der Waals surface area contributed by atoms with E-state index in [2.05, 4.69) is 25.0 Å². The lowest BCUT2D eigenvalue weighted by Crippen LogP contribution is -2.12. The molecular formula is C9H9N5OS. The summed E-state index contributed by atoms with van der Waals surface area (Å²) in [5.74, 6) is 0.577. The van der Waals surface area contributed by atoms with E-state index < -0.39 is 0 Å². The van der Waals surface area contributed by atoms with E-state index in [4.69, 9.17) is 18.0 Å². The second-order valence-electron chi connectivity index (χ2n) is 2.99. The van der Waals surface area contributed by atoms with E-state index in [1.807, 2.05) is 6.07 Å². The van der Waals surface area contributed by atoms with E-state index in [1.165, 1.54) is 6.39 Å². The zero-order valence-electron chi connectivity index (χ0n) is 8.25. The van der Waals surface area contributed by atoms with E-state index in [1.54, 1.807) is 12.3 Å². The minimum Gasteiger partial charge on any atom is -0.388 e. The van der Waals surface area contributed by atoms with Gasteiger partial charge in [0.1, 0.15) is 4.99 Å². The highest BCUT2D eigenvalue weighted by Gasteiger charge is 2.01. The largest absolute Gasteiger partial charge is 0.388 e. The molecule has 0 fully saturated rings. The predicted molar refractivity (Wildman–Crippen MR) is 61.7 cm³/mol. The van der Waals surface area contributed by atoms with Gasteiger partial charge in [-0.05, 0) is 12.1 Å². The molecule has 2 aromatic rings. The Morgan fingerprint density at radius 3 is 3.06 bits per heavy atom. The average molecular weight is 235 g/mol. The number of aromatic nitrogens is 3. The molecule has 7 heteroatoms. The van der Waals surface area contributed by atoms with Gasteiger partial charge in [0.05, 0.1) is 12.2 Å². The van der Waals surface area contributed by atoms with Crippen molar-refractivity contribution in [1.29, 1.82) is 0 Å². The molecule has 3 N–H and O–H groups in total. The molecule has 0 saturated heterocycles. The van der Waals surface area contributed by atoms with Gasteiger partial charge in [-0.25, -0.2) is 0 Å². The molecule has 2 heterocycles. The lowest BCUT2D eigenvalue weighted by molar-refractivity contribution is 0.411. The molecule has 6 nitrogen and oxygen atoms in total. The number of thiocarbonyl (C=S) groups is 1. The van der Waals surface area contributed by atoms with E-state index >= 15 is 0 Å². The summed E-state index contributed by atoms with van der Waals surface area (Å²) in [6.45, 7) is 0.470. The van der Waals surface area contributed by atoms with Gasteiger partial charge in [0.2, 0.25) is 6.39 Å². The van der Waals surface area contributed by atoms with Gasteiger partial charge in [0, 0.05) is 11.9 Å². The van der Waals surface area contributed by atoms with Crippen LogP contribution in [0, 0.1) is 0 Å². The van der Waals surface area contributed by atoms with E-state index in [9.17, 15) is 0 Å². The van der Waals surface area contributed by atoms with Crippen LogP contribution < -0.4 is 11.1 Å². The Morgan fingerprint density at radius 2 is 2.38 bits per heavy atom. The maximum atomic E-state index is 5.47. The van der Waals surface area contributed by atoms with Crippen LogP contribution in [0.4, 0.5) is 5.69 Å². The molecule has 2 aromatic heterocycles. The molecule has 82 valence electrons. The van der Waals surface area contributed by atoms with Crippen LogP contribution in [-0.2, 0) is 6.54 Å². The van der Waals surface area contributed by atoms with Crippen LogP contribution in [0.3, 0.4) is 0 Å². The molecule has 0 radical (unpaired) electrons. The molecular weight excluding hydrogens is 226 g/mol. The highest BCUT2D eigenvalue weighted by atomic mass is 32.1. The maximum Gasteiger partial charge on any atom is 0.213 e. The second-order valence-corrected chi connectivity index (χ2v) is 3.43. The van der Waals surface area contributed by atoms with Gasteiger partial charge in [-0.15, -0.1) is 0 Å². The van der Waals surface area contributed by atoms with Crippen molar-refractivity contribution in [1.82, 2.24) is 15.1 Å². The normalized spacial score (nSPS) is 10.0. The fraction of sp³-hybridized carbons (Fsp3) is 0.111. The van der Waals surface area contributed by atoms with Crippen LogP contribution in [0.15, 0.2) is 29.2 Å². The molecule has 0 bridgehead atoms. The van der Waals surface area contributed by atoms with Crippen LogP contribution in [-0.4, -0.2) is 20.1 Å². The van der Waals surface area contributed by atoms with Crippen LogP contribution in [0.2, 0.25) is 0 Å². The summed E-state index contributed by atoms with van der Waals surface area (Å²) in [6.07, 6.45) is 2.91. The molecule has 16 heavy (non-hydrogen) atoms. The van der Waals surface area contributed by atoms with Crippen molar-refractivity contribution < 1.29 is 4.52 Å². The lowest BCUT2D eigenvalue weighted by atomic mass is 10.3. The molecule has 0 amide bonds. The number of hydrogen-bond donors (Lipinski definition) is 2. The second kappa shape index (κ2) is 4.67. The van der Waals surface area contributed by atoms with Crippen molar-refractivity contribution in [2.45, 2.75) is 6.54 Å². The van der Waals surface area contributed by atoms with Gasteiger partial charge in [-0.2, -0.15) is 4.98 Å². The third-order valence-electron chi connectivity index (χ3n) is 1.87. The Labute approximate surface area is 96.9 Å². The molecule has 0 unspecified atom stereocenters. The summed E-state index contributed by atoms with van der Waals surface area (Å²) in [4.78, 5) is 8.18. The number of nitrogens with zero attached hydrogens (tertiary/aromatic N) is 3.